The van der Waals surface area contributed by atoms with Crippen molar-refractivity contribution in [3.63, 3.8) is 0 Å². The summed E-state index contributed by atoms with van der Waals surface area (Å²) in [4.78, 5) is 10.5. The van der Waals surface area contributed by atoms with Gasteiger partial charge >= 0.3 is 0 Å². The van der Waals surface area contributed by atoms with Gasteiger partial charge in [0.1, 0.15) is 13.2 Å². The Labute approximate surface area is 75.5 Å². The van der Waals surface area contributed by atoms with Gasteiger partial charge in [-0.1, -0.05) is 5.92 Å². The van der Waals surface area contributed by atoms with Crippen molar-refractivity contribution in [2.75, 3.05) is 6.61 Å². The summed E-state index contributed by atoms with van der Waals surface area (Å²) < 4.78 is 6.43. The Balaban J connectivity index is 2.54. The Morgan fingerprint density at radius 2 is 2.62 bits per heavy atom. The fraction of sp³-hybridized carbons (Fsp3) is 0.250. The minimum absolute atomic E-state index is 0.0411. The van der Waals surface area contributed by atoms with Crippen molar-refractivity contribution in [3.05, 3.63) is 12.4 Å². The molecule has 1 rings (SSSR count). The Morgan fingerprint density at radius 3 is 3.23 bits per heavy atom. The van der Waals surface area contributed by atoms with Gasteiger partial charge in [-0.15, -0.1) is 6.42 Å². The number of carbonyl (C=O) groups excluding carboxylic acids is 1. The number of nitrogens with zero attached hydrogens (tertiary/aromatic N) is 2. The van der Waals surface area contributed by atoms with E-state index in [0.717, 1.165) is 0 Å². The van der Waals surface area contributed by atoms with E-state index in [0.29, 0.717) is 5.75 Å². The van der Waals surface area contributed by atoms with Crippen molar-refractivity contribution in [1.82, 2.24) is 9.78 Å². The SMILES string of the molecule is C#CCOc1cnn(CC(N)=O)c1. The predicted octanol–water partition coefficient (Wildman–Crippen LogP) is -0.620. The van der Waals surface area contributed by atoms with Crippen LogP contribution in [0.15, 0.2) is 12.4 Å². The van der Waals surface area contributed by atoms with E-state index in [9.17, 15) is 4.79 Å². The first kappa shape index (κ1) is 9.13. The zero-order valence-electron chi connectivity index (χ0n) is 6.93. The number of hydrogen-bond acceptors (Lipinski definition) is 3. The number of carbonyl (C=O) groups is 1. The van der Waals surface area contributed by atoms with E-state index in [1.165, 1.54) is 10.9 Å². The summed E-state index contributed by atoms with van der Waals surface area (Å²) in [6.45, 7) is 0.224. The maximum absolute atomic E-state index is 10.5. The van der Waals surface area contributed by atoms with Gasteiger partial charge in [0, 0.05) is 0 Å². The van der Waals surface area contributed by atoms with E-state index < -0.39 is 5.91 Å². The number of terminal acetylenes is 1. The van der Waals surface area contributed by atoms with Crippen molar-refractivity contribution in [3.8, 4) is 18.1 Å². The molecule has 1 aromatic heterocycles. The lowest BCUT2D eigenvalue weighted by Gasteiger charge is -1.95. The molecule has 5 nitrogen and oxygen atoms in total. The zero-order chi connectivity index (χ0) is 9.68. The average molecular weight is 179 g/mol. The lowest BCUT2D eigenvalue weighted by molar-refractivity contribution is -0.118. The molecular formula is C8H9N3O2. The minimum atomic E-state index is -0.452. The summed E-state index contributed by atoms with van der Waals surface area (Å²) in [5.74, 6) is 2.39. The van der Waals surface area contributed by atoms with Crippen molar-refractivity contribution in [1.29, 1.82) is 0 Å². The van der Waals surface area contributed by atoms with E-state index in [-0.39, 0.29) is 13.2 Å². The van der Waals surface area contributed by atoms with E-state index in [4.69, 9.17) is 16.9 Å². The van der Waals surface area contributed by atoms with Gasteiger partial charge in [0.2, 0.25) is 5.91 Å². The number of ether oxygens (including phenoxy) is 1. The normalized spacial score (nSPS) is 9.15. The maximum atomic E-state index is 10.5. The van der Waals surface area contributed by atoms with Crippen molar-refractivity contribution in [2.45, 2.75) is 6.54 Å². The van der Waals surface area contributed by atoms with Crippen LogP contribution in [-0.4, -0.2) is 22.3 Å². The van der Waals surface area contributed by atoms with Crippen molar-refractivity contribution in [2.24, 2.45) is 5.73 Å². The zero-order valence-corrected chi connectivity index (χ0v) is 6.93. The molecule has 68 valence electrons. The third-order valence-corrected chi connectivity index (χ3v) is 1.25. The van der Waals surface area contributed by atoms with Crippen molar-refractivity contribution < 1.29 is 9.53 Å². The largest absolute Gasteiger partial charge is 0.478 e. The third-order valence-electron chi connectivity index (χ3n) is 1.25. The van der Waals surface area contributed by atoms with E-state index >= 15 is 0 Å². The van der Waals surface area contributed by atoms with Crippen LogP contribution in [0.3, 0.4) is 0 Å². The number of nitrogens with two attached hydrogens (primary N) is 1. The van der Waals surface area contributed by atoms with Gasteiger partial charge in [-0.3, -0.25) is 9.48 Å². The van der Waals surface area contributed by atoms with Gasteiger partial charge in [0.25, 0.3) is 0 Å². The summed E-state index contributed by atoms with van der Waals surface area (Å²) in [7, 11) is 0. The average Bonchev–Trinajstić information content (AvgIpc) is 2.48. The van der Waals surface area contributed by atoms with E-state index in [1.807, 2.05) is 0 Å². The number of amides is 1. The van der Waals surface area contributed by atoms with E-state index in [2.05, 4.69) is 11.0 Å². The second-order valence-corrected chi connectivity index (χ2v) is 2.33. The molecule has 0 atom stereocenters. The number of hydrogen-bond donors (Lipinski definition) is 1. The Bertz CT molecular complexity index is 337. The maximum Gasteiger partial charge on any atom is 0.239 e. The Kier molecular flexibility index (Phi) is 2.92. The highest BCUT2D eigenvalue weighted by Crippen LogP contribution is 2.06. The number of aromatic nitrogens is 2. The molecule has 0 unspecified atom stereocenters. The molecule has 1 heterocycles. The smallest absolute Gasteiger partial charge is 0.239 e. The van der Waals surface area contributed by atoms with Gasteiger partial charge < -0.3 is 10.5 Å². The van der Waals surface area contributed by atoms with Crippen LogP contribution in [-0.2, 0) is 11.3 Å². The topological polar surface area (TPSA) is 70.1 Å². The van der Waals surface area contributed by atoms with Crippen LogP contribution in [0.2, 0.25) is 0 Å². The molecule has 1 aromatic rings. The molecule has 0 radical (unpaired) electrons. The first-order valence-electron chi connectivity index (χ1n) is 3.59. The first-order valence-corrected chi connectivity index (χ1v) is 3.59. The molecule has 0 spiro atoms. The molecule has 2 N–H and O–H groups in total. The van der Waals surface area contributed by atoms with Crippen LogP contribution < -0.4 is 10.5 Å². The van der Waals surface area contributed by atoms with Gasteiger partial charge in [0.05, 0.1) is 12.4 Å². The fourth-order valence-corrected chi connectivity index (χ4v) is 0.790. The number of rotatable bonds is 4. The monoisotopic (exact) mass is 179 g/mol. The van der Waals surface area contributed by atoms with E-state index in [1.54, 1.807) is 6.20 Å². The molecule has 0 saturated carbocycles. The standard InChI is InChI=1S/C8H9N3O2/c1-2-3-13-7-4-10-11(5-7)6-8(9)12/h1,4-5H,3,6H2,(H2,9,12). The quantitative estimate of drug-likeness (QED) is 0.626. The summed E-state index contributed by atoms with van der Waals surface area (Å²) in [6.07, 6.45) is 8.02. The van der Waals surface area contributed by atoms with Crippen LogP contribution in [0.25, 0.3) is 0 Å². The fourth-order valence-electron chi connectivity index (χ4n) is 0.790. The van der Waals surface area contributed by atoms with Crippen LogP contribution >= 0.6 is 0 Å². The highest BCUT2D eigenvalue weighted by molar-refractivity contribution is 5.73. The predicted molar refractivity (Wildman–Crippen MR) is 45.7 cm³/mol. The molecule has 0 bridgehead atoms. The molecule has 13 heavy (non-hydrogen) atoms. The number of primary amides is 1. The van der Waals surface area contributed by atoms with Gasteiger partial charge in [-0.25, -0.2) is 0 Å². The third kappa shape index (κ3) is 2.87. The molecule has 1 amide bonds. The minimum Gasteiger partial charge on any atom is -0.478 e. The van der Waals surface area contributed by atoms with Crippen LogP contribution in [0, 0.1) is 12.3 Å². The summed E-state index contributed by atoms with van der Waals surface area (Å²) in [5.41, 5.74) is 4.96. The highest BCUT2D eigenvalue weighted by Gasteiger charge is 2.00. The summed E-state index contributed by atoms with van der Waals surface area (Å²) in [6, 6.07) is 0. The Morgan fingerprint density at radius 1 is 1.85 bits per heavy atom. The van der Waals surface area contributed by atoms with Crippen LogP contribution in [0.4, 0.5) is 0 Å². The molecule has 0 fully saturated rings. The second kappa shape index (κ2) is 4.16. The molecule has 0 aromatic carbocycles. The van der Waals surface area contributed by atoms with Crippen LogP contribution in [0.1, 0.15) is 0 Å². The van der Waals surface area contributed by atoms with Gasteiger partial charge in [-0.05, 0) is 0 Å². The lowest BCUT2D eigenvalue weighted by Crippen LogP contribution is -2.18. The second-order valence-electron chi connectivity index (χ2n) is 2.33. The Hall–Kier alpha value is -1.96. The molecular weight excluding hydrogens is 170 g/mol. The summed E-state index contributed by atoms with van der Waals surface area (Å²) in [5, 5.41) is 3.83. The lowest BCUT2D eigenvalue weighted by atomic mass is 10.6. The van der Waals surface area contributed by atoms with Gasteiger partial charge in [-0.2, -0.15) is 5.10 Å². The molecule has 0 aliphatic rings. The highest BCUT2D eigenvalue weighted by atomic mass is 16.5. The summed E-state index contributed by atoms with van der Waals surface area (Å²) >= 11 is 0. The van der Waals surface area contributed by atoms with Crippen molar-refractivity contribution >= 4 is 5.91 Å². The van der Waals surface area contributed by atoms with Crippen LogP contribution in [0.5, 0.6) is 5.75 Å². The molecule has 5 heteroatoms. The van der Waals surface area contributed by atoms with Gasteiger partial charge in [0.15, 0.2) is 5.75 Å². The molecule has 0 saturated heterocycles. The molecule has 0 aliphatic carbocycles. The first-order chi connectivity index (χ1) is 6.22. The molecule has 0 aliphatic heterocycles.